The molecule has 5 nitrogen and oxygen atoms in total. The summed E-state index contributed by atoms with van der Waals surface area (Å²) >= 11 is 0. The molecular weight excluding hydrogens is 252 g/mol. The summed E-state index contributed by atoms with van der Waals surface area (Å²) in [6.07, 6.45) is 3.73. The molecule has 5 heteroatoms. The Morgan fingerprint density at radius 3 is 2.80 bits per heavy atom. The third-order valence-electron chi connectivity index (χ3n) is 4.47. The zero-order valence-corrected chi connectivity index (χ0v) is 11.7. The van der Waals surface area contributed by atoms with E-state index in [0.717, 1.165) is 25.2 Å². The minimum Gasteiger partial charge on any atom is -0.398 e. The van der Waals surface area contributed by atoms with Crippen molar-refractivity contribution >= 4 is 17.3 Å². The maximum Gasteiger partial charge on any atom is 0.250 e. The highest BCUT2D eigenvalue weighted by Gasteiger charge is 2.28. The molecule has 1 atom stereocenters. The highest BCUT2D eigenvalue weighted by atomic mass is 16.1. The van der Waals surface area contributed by atoms with E-state index in [4.69, 9.17) is 11.5 Å². The van der Waals surface area contributed by atoms with E-state index in [0.29, 0.717) is 17.3 Å². The van der Waals surface area contributed by atoms with E-state index >= 15 is 0 Å². The Hall–Kier alpha value is -1.75. The van der Waals surface area contributed by atoms with Gasteiger partial charge in [-0.25, -0.2) is 0 Å². The fraction of sp³-hybridized carbons (Fsp3) is 0.533. The summed E-state index contributed by atoms with van der Waals surface area (Å²) in [6.45, 7) is 4.46. The molecule has 4 N–H and O–H groups in total. The Labute approximate surface area is 119 Å². The van der Waals surface area contributed by atoms with E-state index in [2.05, 4.69) is 9.80 Å². The third kappa shape index (κ3) is 2.45. The maximum absolute atomic E-state index is 11.4. The minimum absolute atomic E-state index is 0.426. The van der Waals surface area contributed by atoms with Gasteiger partial charge < -0.3 is 16.4 Å². The molecule has 3 rings (SSSR count). The number of hydrogen-bond acceptors (Lipinski definition) is 4. The average Bonchev–Trinajstić information content (AvgIpc) is 2.76. The first-order chi connectivity index (χ1) is 9.65. The van der Waals surface area contributed by atoms with Crippen LogP contribution in [0.5, 0.6) is 0 Å². The van der Waals surface area contributed by atoms with Gasteiger partial charge in [0.25, 0.3) is 5.91 Å². The number of amides is 1. The van der Waals surface area contributed by atoms with Crippen LogP contribution < -0.4 is 16.4 Å². The molecule has 0 bridgehead atoms. The van der Waals surface area contributed by atoms with E-state index in [-0.39, 0.29) is 0 Å². The second kappa shape index (κ2) is 5.32. The van der Waals surface area contributed by atoms with E-state index < -0.39 is 5.91 Å². The van der Waals surface area contributed by atoms with Crippen molar-refractivity contribution < 1.29 is 4.79 Å². The molecule has 2 saturated heterocycles. The van der Waals surface area contributed by atoms with Gasteiger partial charge in [-0.2, -0.15) is 0 Å². The van der Waals surface area contributed by atoms with Crippen LogP contribution in [0.4, 0.5) is 11.4 Å². The number of nitrogens with zero attached hydrogens (tertiary/aromatic N) is 2. The maximum atomic E-state index is 11.4. The Kier molecular flexibility index (Phi) is 3.53. The predicted molar refractivity (Wildman–Crippen MR) is 80.8 cm³/mol. The van der Waals surface area contributed by atoms with Crippen molar-refractivity contribution in [3.05, 3.63) is 23.8 Å². The van der Waals surface area contributed by atoms with Gasteiger partial charge in [0.05, 0.1) is 5.56 Å². The van der Waals surface area contributed by atoms with Crippen molar-refractivity contribution in [1.82, 2.24) is 4.90 Å². The summed E-state index contributed by atoms with van der Waals surface area (Å²) in [5.41, 5.74) is 13.1. The van der Waals surface area contributed by atoms with Crippen molar-refractivity contribution in [3.63, 3.8) is 0 Å². The van der Waals surface area contributed by atoms with Gasteiger partial charge in [0.15, 0.2) is 0 Å². The second-order valence-corrected chi connectivity index (χ2v) is 5.77. The van der Waals surface area contributed by atoms with Crippen molar-refractivity contribution in [2.45, 2.75) is 25.3 Å². The lowest BCUT2D eigenvalue weighted by Gasteiger charge is -2.27. The molecular formula is C15H22N4O. The molecule has 2 aliphatic heterocycles. The number of rotatable bonds is 2. The fourth-order valence-electron chi connectivity index (χ4n) is 3.40. The van der Waals surface area contributed by atoms with Gasteiger partial charge >= 0.3 is 0 Å². The fourth-order valence-corrected chi connectivity index (χ4v) is 3.40. The summed E-state index contributed by atoms with van der Waals surface area (Å²) in [7, 11) is 0. The van der Waals surface area contributed by atoms with Crippen LogP contribution in [0.3, 0.4) is 0 Å². The van der Waals surface area contributed by atoms with Gasteiger partial charge in [0.1, 0.15) is 0 Å². The lowest BCUT2D eigenvalue weighted by Crippen LogP contribution is -2.36. The highest BCUT2D eigenvalue weighted by Crippen LogP contribution is 2.27. The normalized spacial score (nSPS) is 23.4. The van der Waals surface area contributed by atoms with E-state index in [1.54, 1.807) is 6.07 Å². The summed E-state index contributed by atoms with van der Waals surface area (Å²) in [5.74, 6) is -0.457. The van der Waals surface area contributed by atoms with Crippen LogP contribution in [0.1, 0.15) is 29.6 Å². The number of primary amides is 1. The predicted octanol–water partition coefficient (Wildman–Crippen LogP) is 1.04. The SMILES string of the molecule is NC(=O)c1cc(N2CCCN3CCCC3C2)ccc1N. The van der Waals surface area contributed by atoms with Crippen molar-refractivity contribution in [2.75, 3.05) is 36.8 Å². The molecule has 0 radical (unpaired) electrons. The van der Waals surface area contributed by atoms with Gasteiger partial charge in [-0.05, 0) is 44.0 Å². The molecule has 2 aliphatic rings. The Balaban J connectivity index is 1.84. The molecule has 0 saturated carbocycles. The summed E-state index contributed by atoms with van der Waals surface area (Å²) in [5, 5.41) is 0. The van der Waals surface area contributed by atoms with Crippen molar-refractivity contribution in [3.8, 4) is 0 Å². The number of anilines is 2. The zero-order valence-electron chi connectivity index (χ0n) is 11.7. The molecule has 2 heterocycles. The molecule has 2 fully saturated rings. The second-order valence-electron chi connectivity index (χ2n) is 5.77. The number of carbonyl (C=O) groups is 1. The largest absolute Gasteiger partial charge is 0.398 e. The molecule has 20 heavy (non-hydrogen) atoms. The van der Waals surface area contributed by atoms with Gasteiger partial charge in [0, 0.05) is 37.1 Å². The third-order valence-corrected chi connectivity index (χ3v) is 4.47. The van der Waals surface area contributed by atoms with Crippen molar-refractivity contribution in [2.24, 2.45) is 5.73 Å². The van der Waals surface area contributed by atoms with Gasteiger partial charge in [-0.3, -0.25) is 9.69 Å². The van der Waals surface area contributed by atoms with Crippen LogP contribution in [-0.2, 0) is 0 Å². The van der Waals surface area contributed by atoms with Gasteiger partial charge in [0.2, 0.25) is 0 Å². The average molecular weight is 274 g/mol. The molecule has 1 unspecified atom stereocenters. The smallest absolute Gasteiger partial charge is 0.250 e. The first-order valence-electron chi connectivity index (χ1n) is 7.33. The first-order valence-corrected chi connectivity index (χ1v) is 7.33. The van der Waals surface area contributed by atoms with Crippen LogP contribution >= 0.6 is 0 Å². The van der Waals surface area contributed by atoms with Gasteiger partial charge in [-0.1, -0.05) is 0 Å². The number of nitrogens with two attached hydrogens (primary N) is 2. The summed E-state index contributed by atoms with van der Waals surface area (Å²) < 4.78 is 0. The number of carbonyl (C=O) groups excluding carboxylic acids is 1. The van der Waals surface area contributed by atoms with Crippen LogP contribution in [0, 0.1) is 0 Å². The Morgan fingerprint density at radius 1 is 1.20 bits per heavy atom. The number of benzene rings is 1. The molecule has 1 amide bonds. The molecule has 108 valence electrons. The molecule has 0 spiro atoms. The van der Waals surface area contributed by atoms with Crippen LogP contribution in [0.15, 0.2) is 18.2 Å². The first kappa shape index (κ1) is 13.2. The number of hydrogen-bond donors (Lipinski definition) is 2. The lowest BCUT2D eigenvalue weighted by molar-refractivity contribution is 0.100. The number of nitrogen functional groups attached to an aromatic ring is 1. The standard InChI is InChI=1S/C15H22N4O/c16-14-5-4-11(9-13(14)15(17)20)19-8-2-7-18-6-1-3-12(18)10-19/h4-5,9,12H,1-3,6-8,10,16H2,(H2,17,20). The zero-order chi connectivity index (χ0) is 14.1. The van der Waals surface area contributed by atoms with Crippen LogP contribution in [-0.4, -0.2) is 43.0 Å². The summed E-state index contributed by atoms with van der Waals surface area (Å²) in [6, 6.07) is 6.26. The summed E-state index contributed by atoms with van der Waals surface area (Å²) in [4.78, 5) is 16.4. The topological polar surface area (TPSA) is 75.6 Å². The molecule has 1 aromatic carbocycles. The van der Waals surface area contributed by atoms with Crippen LogP contribution in [0.25, 0.3) is 0 Å². The molecule has 0 aromatic heterocycles. The highest BCUT2D eigenvalue weighted by molar-refractivity contribution is 5.99. The quantitative estimate of drug-likeness (QED) is 0.790. The monoisotopic (exact) mass is 274 g/mol. The van der Waals surface area contributed by atoms with Gasteiger partial charge in [-0.15, -0.1) is 0 Å². The molecule has 0 aliphatic carbocycles. The van der Waals surface area contributed by atoms with E-state index in [9.17, 15) is 4.79 Å². The molecule has 1 aromatic rings. The van der Waals surface area contributed by atoms with E-state index in [1.807, 2.05) is 12.1 Å². The van der Waals surface area contributed by atoms with Crippen LogP contribution in [0.2, 0.25) is 0 Å². The van der Waals surface area contributed by atoms with Crippen molar-refractivity contribution in [1.29, 1.82) is 0 Å². The lowest BCUT2D eigenvalue weighted by atomic mass is 10.1. The Morgan fingerprint density at radius 2 is 2.00 bits per heavy atom. The van der Waals surface area contributed by atoms with E-state index in [1.165, 1.54) is 25.9 Å². The number of fused-ring (bicyclic) bond motifs is 1. The minimum atomic E-state index is -0.457. The Bertz CT molecular complexity index is 517.